The number of nitrogens with zero attached hydrogens (tertiary/aromatic N) is 2. The van der Waals surface area contributed by atoms with Gasteiger partial charge in [0.05, 0.1) is 7.11 Å². The number of rotatable bonds is 3. The van der Waals surface area contributed by atoms with Crippen LogP contribution in [0.3, 0.4) is 0 Å². The first kappa shape index (κ1) is 14.6. The van der Waals surface area contributed by atoms with Crippen molar-refractivity contribution in [1.82, 2.24) is 14.5 Å². The molecule has 6 nitrogen and oxygen atoms in total. The Morgan fingerprint density at radius 3 is 2.86 bits per heavy atom. The highest BCUT2D eigenvalue weighted by atomic mass is 32.2. The van der Waals surface area contributed by atoms with Crippen molar-refractivity contribution in [3.8, 4) is 0 Å². The Hall–Kier alpha value is -2.28. The van der Waals surface area contributed by atoms with Crippen LogP contribution in [-0.2, 0) is 16.6 Å². The topological polar surface area (TPSA) is 77.0 Å². The largest absolute Gasteiger partial charge is 0.468 e. The zero-order valence-corrected chi connectivity index (χ0v) is 13.2. The van der Waals surface area contributed by atoms with E-state index in [0.717, 1.165) is 10.9 Å². The smallest absolute Gasteiger partial charge is 0.318 e. The Balaban J connectivity index is 2.19. The lowest BCUT2D eigenvalue weighted by molar-refractivity contribution is -0.139. The van der Waals surface area contributed by atoms with E-state index in [1.54, 1.807) is 14.0 Å². The molecule has 22 heavy (non-hydrogen) atoms. The van der Waals surface area contributed by atoms with E-state index in [-0.39, 0.29) is 11.5 Å². The number of carbonyl (C=O) groups is 1. The molecular formula is C15H15N3O3S. The molecule has 0 amide bonds. The summed E-state index contributed by atoms with van der Waals surface area (Å²) in [5.74, 6) is -0.349. The average Bonchev–Trinajstić information content (AvgIpc) is 2.90. The van der Waals surface area contributed by atoms with Crippen LogP contribution in [0.2, 0.25) is 0 Å². The van der Waals surface area contributed by atoms with Gasteiger partial charge in [0.15, 0.2) is 5.16 Å². The lowest BCUT2D eigenvalue weighted by Crippen LogP contribution is -2.22. The maximum Gasteiger partial charge on any atom is 0.318 e. The predicted molar refractivity (Wildman–Crippen MR) is 86.2 cm³/mol. The van der Waals surface area contributed by atoms with Gasteiger partial charge < -0.3 is 9.72 Å². The molecule has 2 heterocycles. The van der Waals surface area contributed by atoms with E-state index in [1.165, 1.54) is 23.4 Å². The molecule has 0 aliphatic heterocycles. The van der Waals surface area contributed by atoms with Crippen molar-refractivity contribution < 1.29 is 9.53 Å². The van der Waals surface area contributed by atoms with E-state index in [4.69, 9.17) is 4.74 Å². The minimum absolute atomic E-state index is 0.166. The van der Waals surface area contributed by atoms with E-state index in [9.17, 15) is 9.59 Å². The lowest BCUT2D eigenvalue weighted by atomic mass is 10.2. The molecule has 0 fully saturated rings. The fourth-order valence-corrected chi connectivity index (χ4v) is 3.19. The Labute approximate surface area is 130 Å². The van der Waals surface area contributed by atoms with Crippen molar-refractivity contribution in [3.63, 3.8) is 0 Å². The number of aromatic amines is 1. The maximum atomic E-state index is 12.5. The third-order valence-electron chi connectivity index (χ3n) is 3.51. The minimum atomic E-state index is -0.439. The fourth-order valence-electron chi connectivity index (χ4n) is 2.30. The molecule has 3 aromatic rings. The first-order valence-corrected chi connectivity index (χ1v) is 7.63. The Bertz CT molecular complexity index is 929. The maximum absolute atomic E-state index is 12.5. The Kier molecular flexibility index (Phi) is 3.66. The fraction of sp³-hybridized carbons (Fsp3) is 0.267. The molecule has 0 aliphatic carbocycles. The summed E-state index contributed by atoms with van der Waals surface area (Å²) in [4.78, 5) is 31.7. The molecule has 0 bridgehead atoms. The van der Waals surface area contributed by atoms with E-state index < -0.39 is 5.25 Å². The van der Waals surface area contributed by atoms with E-state index >= 15 is 0 Å². The van der Waals surface area contributed by atoms with Gasteiger partial charge in [-0.3, -0.25) is 14.2 Å². The number of hydrogen-bond donors (Lipinski definition) is 1. The van der Waals surface area contributed by atoms with E-state index in [1.807, 2.05) is 24.3 Å². The number of nitrogens with one attached hydrogen (secondary N) is 1. The number of fused-ring (bicyclic) bond motifs is 3. The molecule has 7 heteroatoms. The molecule has 114 valence electrons. The number of ether oxygens (including phenoxy) is 1. The van der Waals surface area contributed by atoms with Gasteiger partial charge in [-0.1, -0.05) is 30.0 Å². The molecule has 0 radical (unpaired) electrons. The standard InChI is InChI=1S/C15H15N3O3S/c1-8(14(20)21-3)22-15-17-11-9-6-4-5-7-10(9)16-12(11)13(19)18(15)2/h4-8,16H,1-3H3/t8-/m1/s1. The van der Waals surface area contributed by atoms with E-state index in [0.29, 0.717) is 16.2 Å². The number of H-pyrrole nitrogens is 1. The lowest BCUT2D eigenvalue weighted by Gasteiger charge is -2.11. The van der Waals surface area contributed by atoms with Crippen molar-refractivity contribution in [3.05, 3.63) is 34.6 Å². The van der Waals surface area contributed by atoms with Gasteiger partial charge in [-0.15, -0.1) is 0 Å². The summed E-state index contributed by atoms with van der Waals surface area (Å²) in [6.07, 6.45) is 0. The molecule has 1 aromatic carbocycles. The summed E-state index contributed by atoms with van der Waals surface area (Å²) in [6.45, 7) is 1.72. The summed E-state index contributed by atoms with van der Waals surface area (Å²) in [6, 6.07) is 7.62. The number of hydrogen-bond acceptors (Lipinski definition) is 5. The molecule has 1 atom stereocenters. The van der Waals surface area contributed by atoms with Crippen LogP contribution in [0.5, 0.6) is 0 Å². The number of benzene rings is 1. The number of thioether (sulfide) groups is 1. The Morgan fingerprint density at radius 1 is 1.41 bits per heavy atom. The number of methoxy groups -OCH3 is 1. The third kappa shape index (κ3) is 2.27. The predicted octanol–water partition coefficient (Wildman–Crippen LogP) is 2.07. The highest BCUT2D eigenvalue weighted by Gasteiger charge is 2.19. The van der Waals surface area contributed by atoms with Gasteiger partial charge in [0.2, 0.25) is 0 Å². The van der Waals surface area contributed by atoms with Gasteiger partial charge in [0.1, 0.15) is 16.3 Å². The zero-order valence-electron chi connectivity index (χ0n) is 12.4. The normalized spacial score (nSPS) is 12.7. The molecule has 0 aliphatic rings. The summed E-state index contributed by atoms with van der Waals surface area (Å²) >= 11 is 1.21. The van der Waals surface area contributed by atoms with Gasteiger partial charge in [-0.2, -0.15) is 0 Å². The van der Waals surface area contributed by atoms with Crippen molar-refractivity contribution in [2.75, 3.05) is 7.11 Å². The quantitative estimate of drug-likeness (QED) is 0.454. The van der Waals surface area contributed by atoms with Crippen LogP contribution in [0, 0.1) is 0 Å². The third-order valence-corrected chi connectivity index (χ3v) is 4.63. The molecule has 0 unspecified atom stereocenters. The first-order chi connectivity index (χ1) is 10.5. The van der Waals surface area contributed by atoms with Crippen molar-refractivity contribution in [2.24, 2.45) is 7.05 Å². The van der Waals surface area contributed by atoms with Crippen LogP contribution in [0.1, 0.15) is 6.92 Å². The summed E-state index contributed by atoms with van der Waals surface area (Å²) in [5.41, 5.74) is 1.79. The second-order valence-electron chi connectivity index (χ2n) is 4.94. The van der Waals surface area contributed by atoms with Crippen LogP contribution in [0.15, 0.2) is 34.2 Å². The Morgan fingerprint density at radius 2 is 2.14 bits per heavy atom. The van der Waals surface area contributed by atoms with Gasteiger partial charge >= 0.3 is 5.97 Å². The molecule has 1 N–H and O–H groups in total. The highest BCUT2D eigenvalue weighted by molar-refractivity contribution is 8.00. The van der Waals surface area contributed by atoms with Gasteiger partial charge in [0.25, 0.3) is 5.56 Å². The number of aromatic nitrogens is 3. The SMILES string of the molecule is COC(=O)[C@@H](C)Sc1nc2c([nH]c3ccccc32)c(=O)n1C. The van der Waals surface area contributed by atoms with Crippen LogP contribution in [0.25, 0.3) is 21.9 Å². The molecule has 0 saturated carbocycles. The van der Waals surface area contributed by atoms with Crippen molar-refractivity contribution in [1.29, 1.82) is 0 Å². The molecule has 0 saturated heterocycles. The molecule has 3 rings (SSSR count). The first-order valence-electron chi connectivity index (χ1n) is 6.75. The van der Waals surface area contributed by atoms with Gasteiger partial charge in [-0.25, -0.2) is 4.98 Å². The van der Waals surface area contributed by atoms with E-state index in [2.05, 4.69) is 9.97 Å². The van der Waals surface area contributed by atoms with Gasteiger partial charge in [0, 0.05) is 18.0 Å². The monoisotopic (exact) mass is 317 g/mol. The van der Waals surface area contributed by atoms with Crippen molar-refractivity contribution in [2.45, 2.75) is 17.3 Å². The number of carbonyl (C=O) groups excluding carboxylic acids is 1. The molecule has 0 spiro atoms. The van der Waals surface area contributed by atoms with Crippen LogP contribution in [-0.4, -0.2) is 32.9 Å². The van der Waals surface area contributed by atoms with Crippen LogP contribution in [0.4, 0.5) is 0 Å². The second kappa shape index (κ2) is 5.49. The number of esters is 1. The average molecular weight is 317 g/mol. The van der Waals surface area contributed by atoms with Gasteiger partial charge in [-0.05, 0) is 13.0 Å². The van der Waals surface area contributed by atoms with Crippen molar-refractivity contribution >= 4 is 39.7 Å². The molecular weight excluding hydrogens is 302 g/mol. The van der Waals surface area contributed by atoms with Crippen LogP contribution >= 0.6 is 11.8 Å². The molecule has 2 aromatic heterocycles. The summed E-state index contributed by atoms with van der Waals surface area (Å²) in [7, 11) is 2.99. The number of para-hydroxylation sites is 1. The zero-order chi connectivity index (χ0) is 15.9. The second-order valence-corrected chi connectivity index (χ2v) is 6.24. The van der Waals surface area contributed by atoms with Crippen LogP contribution < -0.4 is 5.56 Å². The highest BCUT2D eigenvalue weighted by Crippen LogP contribution is 2.26. The minimum Gasteiger partial charge on any atom is -0.468 e. The summed E-state index contributed by atoms with van der Waals surface area (Å²) in [5, 5.41) is 0.939. The summed E-state index contributed by atoms with van der Waals surface area (Å²) < 4.78 is 6.16.